The van der Waals surface area contributed by atoms with Gasteiger partial charge in [-0.2, -0.15) is 39.5 Å². The number of carbonyl (C=O) groups is 2. The second-order valence-corrected chi connectivity index (χ2v) is 9.32. The summed E-state index contributed by atoms with van der Waals surface area (Å²) in [6, 6.07) is 2.70. The van der Waals surface area contributed by atoms with Crippen LogP contribution in [0.4, 0.5) is 43.9 Å². The molecule has 2 aromatic rings. The minimum Gasteiger partial charge on any atom is -0.273 e. The van der Waals surface area contributed by atoms with Crippen molar-refractivity contribution in [1.82, 2.24) is 10.9 Å². The van der Waals surface area contributed by atoms with E-state index in [9.17, 15) is 53.5 Å². The molecule has 0 saturated heterocycles. The highest BCUT2D eigenvalue weighted by Crippen LogP contribution is 2.43. The van der Waals surface area contributed by atoms with Crippen LogP contribution in [0.2, 0.25) is 10.0 Å². The Balaban J connectivity index is 2.41. The lowest BCUT2D eigenvalue weighted by atomic mass is 9.95. The van der Waals surface area contributed by atoms with E-state index >= 15 is 0 Å². The first kappa shape index (κ1) is 32.7. The van der Waals surface area contributed by atoms with Crippen molar-refractivity contribution in [3.8, 4) is 0 Å². The predicted molar refractivity (Wildman–Crippen MR) is 124 cm³/mol. The first-order valence-corrected chi connectivity index (χ1v) is 11.7. The van der Waals surface area contributed by atoms with Crippen molar-refractivity contribution in [3.63, 3.8) is 0 Å². The molecule has 1 unspecified atom stereocenters. The smallest absolute Gasteiger partial charge is 0.273 e. The van der Waals surface area contributed by atoms with E-state index in [0.29, 0.717) is 12.1 Å². The second-order valence-electron chi connectivity index (χ2n) is 7.71. The first-order chi connectivity index (χ1) is 17.7. The maximum atomic E-state index is 14.9. The lowest BCUT2D eigenvalue weighted by molar-refractivity contribution is -0.144. The van der Waals surface area contributed by atoms with Crippen molar-refractivity contribution in [3.05, 3.63) is 73.2 Å². The summed E-state index contributed by atoms with van der Waals surface area (Å²) in [5.74, 6) is -7.44. The molecule has 214 valence electrons. The number of carbonyl (C=O) groups excluding carboxylic acids is 2. The van der Waals surface area contributed by atoms with E-state index < -0.39 is 77.2 Å². The fourth-order valence-electron chi connectivity index (χ4n) is 3.01. The lowest BCUT2D eigenvalue weighted by Gasteiger charge is -2.19. The standard InChI is InChI=1S/C22H13BrCl2F10N2O2/c23-18-14(24)6-10(7-15(18)25)12(21(30,31)32)8-16(26)9-1-2-11(13(5-9)22(33,34)35)19(39)37-36-17(38)3-4-20(27,28)29/h1-2,5-8,12H,3-4H2,(H,36,38)(H,37,39). The van der Waals surface area contributed by atoms with E-state index in [-0.39, 0.29) is 26.7 Å². The van der Waals surface area contributed by atoms with E-state index in [4.69, 9.17) is 23.2 Å². The third kappa shape index (κ3) is 9.28. The molecule has 0 aliphatic carbocycles. The highest BCUT2D eigenvalue weighted by Gasteiger charge is 2.41. The molecular formula is C22H13BrCl2F10N2O2. The Morgan fingerprint density at radius 1 is 0.923 bits per heavy atom. The van der Waals surface area contributed by atoms with Crippen molar-refractivity contribution in [2.24, 2.45) is 0 Å². The van der Waals surface area contributed by atoms with Crippen LogP contribution < -0.4 is 10.9 Å². The van der Waals surface area contributed by atoms with Gasteiger partial charge < -0.3 is 0 Å². The van der Waals surface area contributed by atoms with Crippen molar-refractivity contribution in [1.29, 1.82) is 0 Å². The van der Waals surface area contributed by atoms with E-state index in [0.717, 1.165) is 12.1 Å². The minimum atomic E-state index is -5.33. The summed E-state index contributed by atoms with van der Waals surface area (Å²) in [6.07, 6.45) is -17.9. The van der Waals surface area contributed by atoms with Crippen LogP contribution in [0.5, 0.6) is 0 Å². The number of benzene rings is 2. The molecule has 0 heterocycles. The molecule has 2 N–H and O–H groups in total. The molecule has 0 aliphatic rings. The van der Waals surface area contributed by atoms with Gasteiger partial charge in [0.25, 0.3) is 5.91 Å². The quantitative estimate of drug-likeness (QED) is 0.183. The van der Waals surface area contributed by atoms with Gasteiger partial charge >= 0.3 is 18.5 Å². The van der Waals surface area contributed by atoms with Gasteiger partial charge in [-0.1, -0.05) is 29.3 Å². The molecule has 0 bridgehead atoms. The molecule has 2 rings (SSSR count). The number of amides is 2. The summed E-state index contributed by atoms with van der Waals surface area (Å²) in [5, 5.41) is -0.499. The predicted octanol–water partition coefficient (Wildman–Crippen LogP) is 8.53. The Hall–Kier alpha value is -2.52. The van der Waals surface area contributed by atoms with Gasteiger partial charge in [0.2, 0.25) is 5.91 Å². The highest BCUT2D eigenvalue weighted by molar-refractivity contribution is 9.10. The highest BCUT2D eigenvalue weighted by atomic mass is 79.9. The molecule has 2 aromatic carbocycles. The molecular weight excluding hydrogens is 665 g/mol. The number of rotatable bonds is 6. The van der Waals surface area contributed by atoms with Gasteiger partial charge in [0, 0.05) is 12.0 Å². The zero-order chi connectivity index (χ0) is 29.9. The summed E-state index contributed by atoms with van der Waals surface area (Å²) in [6.45, 7) is 0. The zero-order valence-electron chi connectivity index (χ0n) is 18.7. The molecule has 4 nitrogen and oxygen atoms in total. The van der Waals surface area contributed by atoms with E-state index in [2.05, 4.69) is 15.9 Å². The van der Waals surface area contributed by atoms with Crippen LogP contribution in [0.25, 0.3) is 5.83 Å². The monoisotopic (exact) mass is 676 g/mol. The number of hydrazine groups is 1. The Bertz CT molecular complexity index is 1250. The number of alkyl halides is 9. The zero-order valence-corrected chi connectivity index (χ0v) is 21.8. The SMILES string of the molecule is O=C(CCC(F)(F)F)NNC(=O)c1ccc(C(F)=CC(c2cc(Cl)c(Br)c(Cl)c2)C(F)(F)F)cc1C(F)(F)F. The third-order valence-electron chi connectivity index (χ3n) is 4.83. The summed E-state index contributed by atoms with van der Waals surface area (Å²) in [7, 11) is 0. The van der Waals surface area contributed by atoms with Crippen LogP contribution in [-0.2, 0) is 11.0 Å². The van der Waals surface area contributed by atoms with E-state index in [1.54, 1.807) is 0 Å². The maximum absolute atomic E-state index is 14.9. The molecule has 2 amide bonds. The number of nitrogens with one attached hydrogen (secondary N) is 2. The topological polar surface area (TPSA) is 58.2 Å². The Morgan fingerprint density at radius 3 is 1.97 bits per heavy atom. The van der Waals surface area contributed by atoms with Crippen LogP contribution in [0.15, 0.2) is 40.9 Å². The van der Waals surface area contributed by atoms with Gasteiger partial charge in [0.1, 0.15) is 11.7 Å². The van der Waals surface area contributed by atoms with Crippen LogP contribution in [0, 0.1) is 0 Å². The van der Waals surface area contributed by atoms with Gasteiger partial charge in [-0.25, -0.2) is 4.39 Å². The number of hydrogen-bond acceptors (Lipinski definition) is 2. The summed E-state index contributed by atoms with van der Waals surface area (Å²) in [4.78, 5) is 23.5. The molecule has 0 radical (unpaired) electrons. The van der Waals surface area contributed by atoms with Crippen LogP contribution in [0.3, 0.4) is 0 Å². The molecule has 0 fully saturated rings. The molecule has 0 spiro atoms. The Morgan fingerprint density at radius 2 is 1.49 bits per heavy atom. The van der Waals surface area contributed by atoms with Crippen molar-refractivity contribution in [2.75, 3.05) is 0 Å². The van der Waals surface area contributed by atoms with E-state index in [1.165, 1.54) is 10.9 Å². The molecule has 39 heavy (non-hydrogen) atoms. The number of halogens is 13. The van der Waals surface area contributed by atoms with Gasteiger partial charge in [0.15, 0.2) is 0 Å². The van der Waals surface area contributed by atoms with Crippen LogP contribution in [-0.4, -0.2) is 24.2 Å². The fourth-order valence-corrected chi connectivity index (χ4v) is 3.75. The van der Waals surface area contributed by atoms with Gasteiger partial charge in [-0.05, 0) is 51.8 Å². The molecule has 1 atom stereocenters. The van der Waals surface area contributed by atoms with Crippen molar-refractivity contribution < 1.29 is 53.5 Å². The average Bonchev–Trinajstić information content (AvgIpc) is 2.80. The Labute approximate surface area is 231 Å². The minimum absolute atomic E-state index is 0.00794. The maximum Gasteiger partial charge on any atom is 0.417 e. The normalized spacial score (nSPS) is 13.7. The third-order valence-corrected chi connectivity index (χ3v) is 6.73. The van der Waals surface area contributed by atoms with E-state index in [1.807, 2.05) is 0 Å². The van der Waals surface area contributed by atoms with Crippen LogP contribution >= 0.6 is 39.1 Å². The largest absolute Gasteiger partial charge is 0.417 e. The second kappa shape index (κ2) is 12.3. The number of hydrogen-bond donors (Lipinski definition) is 2. The summed E-state index contributed by atoms with van der Waals surface area (Å²) in [5.41, 5.74) is -1.62. The number of allylic oxidation sites excluding steroid dienone is 1. The fraction of sp³-hybridized carbons (Fsp3) is 0.273. The molecule has 0 saturated carbocycles. The van der Waals surface area contributed by atoms with Crippen molar-refractivity contribution >= 4 is 56.8 Å². The van der Waals surface area contributed by atoms with Gasteiger partial charge in [-0.15, -0.1) is 0 Å². The van der Waals surface area contributed by atoms with Gasteiger partial charge in [-0.3, -0.25) is 20.4 Å². The molecule has 17 heteroatoms. The molecule has 0 aliphatic heterocycles. The Kier molecular flexibility index (Phi) is 10.3. The van der Waals surface area contributed by atoms with Gasteiger partial charge in [0.05, 0.1) is 32.1 Å². The first-order valence-electron chi connectivity index (χ1n) is 10.2. The lowest BCUT2D eigenvalue weighted by Crippen LogP contribution is -2.42. The summed E-state index contributed by atoms with van der Waals surface area (Å²) >= 11 is 14.6. The average molecular weight is 678 g/mol. The van der Waals surface area contributed by atoms with Crippen LogP contribution in [0.1, 0.15) is 45.8 Å². The molecule has 0 aromatic heterocycles. The summed E-state index contributed by atoms with van der Waals surface area (Å²) < 4.78 is 133. The van der Waals surface area contributed by atoms with Crippen molar-refractivity contribution in [2.45, 2.75) is 37.3 Å².